The van der Waals surface area contributed by atoms with Crippen LogP contribution in [-0.4, -0.2) is 44.0 Å². The van der Waals surface area contributed by atoms with E-state index in [0.717, 1.165) is 16.2 Å². The molecule has 0 radical (unpaired) electrons. The number of nitrogens with one attached hydrogen (secondary N) is 2. The van der Waals surface area contributed by atoms with Crippen molar-refractivity contribution in [2.75, 3.05) is 25.6 Å². The second-order valence-corrected chi connectivity index (χ2v) is 7.90. The molecule has 0 fully saturated rings. The standard InChI is InChI=1S/C19H22N2O6S2/c1-4-26-19(25)15-11(2)16(17(24)20-3)29-18(15)21-13(22)10-27-14(23)8-7-12-6-5-9-28-12/h5-6,9H,4,7-8,10H2,1-3H3,(H,20,24)(H,21,22). The third-order valence-corrected chi connectivity index (χ3v) is 5.97. The number of rotatable bonds is 9. The van der Waals surface area contributed by atoms with Gasteiger partial charge in [-0.1, -0.05) is 6.07 Å². The molecule has 29 heavy (non-hydrogen) atoms. The molecule has 2 rings (SSSR count). The monoisotopic (exact) mass is 438 g/mol. The lowest BCUT2D eigenvalue weighted by atomic mass is 10.1. The van der Waals surface area contributed by atoms with Crippen molar-refractivity contribution in [2.24, 2.45) is 0 Å². The van der Waals surface area contributed by atoms with Crippen LogP contribution in [0.25, 0.3) is 0 Å². The zero-order valence-electron chi connectivity index (χ0n) is 16.3. The predicted molar refractivity (Wildman–Crippen MR) is 111 cm³/mol. The Hall–Kier alpha value is -2.72. The Bertz CT molecular complexity index is 889. The van der Waals surface area contributed by atoms with Crippen molar-refractivity contribution in [1.29, 1.82) is 0 Å². The lowest BCUT2D eigenvalue weighted by Gasteiger charge is -2.08. The van der Waals surface area contributed by atoms with E-state index in [4.69, 9.17) is 9.47 Å². The summed E-state index contributed by atoms with van der Waals surface area (Å²) in [6.07, 6.45) is 0.714. The van der Waals surface area contributed by atoms with E-state index in [1.165, 1.54) is 7.05 Å². The van der Waals surface area contributed by atoms with E-state index in [1.807, 2.05) is 17.5 Å². The topological polar surface area (TPSA) is 111 Å². The Balaban J connectivity index is 2.01. The third kappa shape index (κ3) is 6.13. The number of ether oxygens (including phenoxy) is 2. The van der Waals surface area contributed by atoms with Gasteiger partial charge in [-0.2, -0.15) is 0 Å². The molecule has 0 spiro atoms. The molecule has 0 saturated carbocycles. The molecular formula is C19H22N2O6S2. The van der Waals surface area contributed by atoms with Crippen LogP contribution < -0.4 is 10.6 Å². The average Bonchev–Trinajstić information content (AvgIpc) is 3.32. The average molecular weight is 439 g/mol. The number of hydrogen-bond acceptors (Lipinski definition) is 8. The highest BCUT2D eigenvalue weighted by Gasteiger charge is 2.26. The summed E-state index contributed by atoms with van der Waals surface area (Å²) in [5.74, 6) is -2.12. The summed E-state index contributed by atoms with van der Waals surface area (Å²) in [6.45, 7) is 2.93. The lowest BCUT2D eigenvalue weighted by molar-refractivity contribution is -0.147. The highest BCUT2D eigenvalue weighted by Crippen LogP contribution is 2.33. The molecule has 10 heteroatoms. The number of hydrogen-bond donors (Lipinski definition) is 2. The number of carbonyl (C=O) groups is 4. The van der Waals surface area contributed by atoms with Crippen LogP contribution in [0.15, 0.2) is 17.5 Å². The van der Waals surface area contributed by atoms with Crippen molar-refractivity contribution in [3.05, 3.63) is 38.4 Å². The minimum atomic E-state index is -0.639. The molecule has 2 aromatic heterocycles. The first kappa shape index (κ1) is 22.6. The third-order valence-electron chi connectivity index (χ3n) is 3.83. The van der Waals surface area contributed by atoms with Crippen LogP contribution in [0.5, 0.6) is 0 Å². The number of anilines is 1. The first-order valence-electron chi connectivity index (χ1n) is 8.87. The molecule has 0 unspecified atom stereocenters. The molecule has 0 aromatic carbocycles. The van der Waals surface area contributed by atoms with E-state index in [9.17, 15) is 19.2 Å². The van der Waals surface area contributed by atoms with Crippen LogP contribution in [0, 0.1) is 6.92 Å². The largest absolute Gasteiger partial charge is 0.462 e. The van der Waals surface area contributed by atoms with Crippen molar-refractivity contribution >= 4 is 51.4 Å². The van der Waals surface area contributed by atoms with Crippen LogP contribution >= 0.6 is 22.7 Å². The Morgan fingerprint density at radius 3 is 2.55 bits per heavy atom. The summed E-state index contributed by atoms with van der Waals surface area (Å²) in [7, 11) is 1.47. The molecule has 2 aromatic rings. The summed E-state index contributed by atoms with van der Waals surface area (Å²) in [5, 5.41) is 7.13. The summed E-state index contributed by atoms with van der Waals surface area (Å²) >= 11 is 2.51. The Morgan fingerprint density at radius 1 is 1.17 bits per heavy atom. The Labute approximate surface area is 176 Å². The van der Waals surface area contributed by atoms with Gasteiger partial charge in [0.2, 0.25) is 0 Å². The van der Waals surface area contributed by atoms with E-state index < -0.39 is 24.5 Å². The number of aryl methyl sites for hydroxylation is 1. The fraction of sp³-hybridized carbons (Fsp3) is 0.368. The second-order valence-electron chi connectivity index (χ2n) is 5.85. The molecule has 8 nitrogen and oxygen atoms in total. The van der Waals surface area contributed by atoms with Crippen molar-refractivity contribution < 1.29 is 28.7 Å². The number of amides is 2. The maximum absolute atomic E-state index is 12.3. The highest BCUT2D eigenvalue weighted by atomic mass is 32.1. The van der Waals surface area contributed by atoms with Gasteiger partial charge in [0.1, 0.15) is 5.00 Å². The van der Waals surface area contributed by atoms with Gasteiger partial charge >= 0.3 is 11.9 Å². The summed E-state index contributed by atoms with van der Waals surface area (Å²) in [5.41, 5.74) is 0.531. The van der Waals surface area contributed by atoms with Crippen molar-refractivity contribution in [1.82, 2.24) is 5.32 Å². The summed E-state index contributed by atoms with van der Waals surface area (Å²) in [6, 6.07) is 3.82. The number of esters is 2. The van der Waals surface area contributed by atoms with E-state index in [1.54, 1.807) is 25.2 Å². The minimum Gasteiger partial charge on any atom is -0.462 e. The zero-order valence-corrected chi connectivity index (χ0v) is 18.0. The van der Waals surface area contributed by atoms with Crippen molar-refractivity contribution in [3.63, 3.8) is 0 Å². The van der Waals surface area contributed by atoms with Gasteiger partial charge in [-0.05, 0) is 37.3 Å². The van der Waals surface area contributed by atoms with Crippen LogP contribution in [0.1, 0.15) is 43.8 Å². The fourth-order valence-corrected chi connectivity index (χ4v) is 4.31. The maximum atomic E-state index is 12.3. The molecule has 2 N–H and O–H groups in total. The van der Waals surface area contributed by atoms with Crippen LogP contribution in [0.3, 0.4) is 0 Å². The normalized spacial score (nSPS) is 10.3. The Morgan fingerprint density at radius 2 is 1.93 bits per heavy atom. The number of carbonyl (C=O) groups excluding carboxylic acids is 4. The first-order valence-corrected chi connectivity index (χ1v) is 10.6. The predicted octanol–water partition coefficient (Wildman–Crippen LogP) is 2.77. The smallest absolute Gasteiger partial charge is 0.341 e. The van der Waals surface area contributed by atoms with Gasteiger partial charge in [-0.15, -0.1) is 22.7 Å². The Kier molecular flexibility index (Phi) is 8.34. The van der Waals surface area contributed by atoms with E-state index in [2.05, 4.69) is 10.6 Å². The molecule has 0 aliphatic rings. The molecule has 0 atom stereocenters. The zero-order chi connectivity index (χ0) is 21.4. The van der Waals surface area contributed by atoms with Crippen LogP contribution in [0.2, 0.25) is 0 Å². The fourth-order valence-electron chi connectivity index (χ4n) is 2.44. The van der Waals surface area contributed by atoms with Crippen molar-refractivity contribution in [2.45, 2.75) is 26.7 Å². The molecule has 0 saturated heterocycles. The quantitative estimate of drug-likeness (QED) is 0.583. The molecule has 0 bridgehead atoms. The van der Waals surface area contributed by atoms with Crippen LogP contribution in [-0.2, 0) is 25.5 Å². The van der Waals surface area contributed by atoms with Gasteiger partial charge in [-0.25, -0.2) is 4.79 Å². The summed E-state index contributed by atoms with van der Waals surface area (Å²) < 4.78 is 10.0. The minimum absolute atomic E-state index is 0.118. The van der Waals surface area contributed by atoms with E-state index in [-0.39, 0.29) is 29.5 Å². The van der Waals surface area contributed by atoms with Gasteiger partial charge in [-0.3, -0.25) is 14.4 Å². The van der Waals surface area contributed by atoms with E-state index in [0.29, 0.717) is 16.9 Å². The molecule has 2 amide bonds. The lowest BCUT2D eigenvalue weighted by Crippen LogP contribution is -2.21. The van der Waals surface area contributed by atoms with Gasteiger partial charge in [0.15, 0.2) is 6.61 Å². The molecule has 156 valence electrons. The van der Waals surface area contributed by atoms with Gasteiger partial charge in [0, 0.05) is 11.9 Å². The van der Waals surface area contributed by atoms with Gasteiger partial charge in [0.25, 0.3) is 11.8 Å². The number of thiophene rings is 2. The van der Waals surface area contributed by atoms with Crippen molar-refractivity contribution in [3.8, 4) is 0 Å². The molecule has 0 aliphatic carbocycles. The molecule has 2 heterocycles. The van der Waals surface area contributed by atoms with Gasteiger partial charge in [0.05, 0.1) is 23.5 Å². The summed E-state index contributed by atoms with van der Waals surface area (Å²) in [4.78, 5) is 49.7. The highest BCUT2D eigenvalue weighted by molar-refractivity contribution is 7.18. The molecular weight excluding hydrogens is 416 g/mol. The molecule has 0 aliphatic heterocycles. The first-order chi connectivity index (χ1) is 13.9. The maximum Gasteiger partial charge on any atom is 0.341 e. The SMILES string of the molecule is CCOC(=O)c1c(NC(=O)COC(=O)CCc2cccs2)sc(C(=O)NC)c1C. The van der Waals surface area contributed by atoms with Gasteiger partial charge < -0.3 is 20.1 Å². The second kappa shape index (κ2) is 10.7. The van der Waals surface area contributed by atoms with E-state index >= 15 is 0 Å². The van der Waals surface area contributed by atoms with Crippen LogP contribution in [0.4, 0.5) is 5.00 Å².